The molecule has 21 heavy (non-hydrogen) atoms. The molecule has 1 fully saturated rings. The second-order valence-electron chi connectivity index (χ2n) is 6.09. The number of nitrogens with zero attached hydrogens (tertiary/aromatic N) is 3. The Morgan fingerprint density at radius 1 is 1.24 bits per heavy atom. The first kappa shape index (κ1) is 15.1. The average Bonchev–Trinajstić information content (AvgIpc) is 2.86. The molecule has 114 valence electrons. The van der Waals surface area contributed by atoms with Crippen molar-refractivity contribution < 1.29 is 0 Å². The fourth-order valence-corrected chi connectivity index (χ4v) is 3.79. The number of imidazole rings is 1. The van der Waals surface area contributed by atoms with Gasteiger partial charge in [-0.2, -0.15) is 0 Å². The highest BCUT2D eigenvalue weighted by atomic mass is 35.5. The molecule has 1 saturated carbocycles. The molecule has 0 spiro atoms. The second kappa shape index (κ2) is 6.13. The fourth-order valence-electron chi connectivity index (χ4n) is 3.48. The van der Waals surface area contributed by atoms with Crippen molar-refractivity contribution in [3.05, 3.63) is 23.1 Å². The van der Waals surface area contributed by atoms with Gasteiger partial charge in [-0.15, -0.1) is 11.6 Å². The van der Waals surface area contributed by atoms with Gasteiger partial charge < -0.3 is 4.57 Å². The van der Waals surface area contributed by atoms with Crippen molar-refractivity contribution in [3.63, 3.8) is 0 Å². The molecule has 1 aliphatic carbocycles. The first-order valence-corrected chi connectivity index (χ1v) is 8.57. The Bertz CT molecular complexity index is 630. The van der Waals surface area contributed by atoms with Gasteiger partial charge in [0.1, 0.15) is 11.3 Å². The van der Waals surface area contributed by atoms with Crippen LogP contribution in [0, 0.1) is 5.92 Å². The molecule has 2 aromatic rings. The number of alkyl halides is 1. The number of hydrogen-bond donors (Lipinski definition) is 0. The summed E-state index contributed by atoms with van der Waals surface area (Å²) in [5.74, 6) is 1.59. The maximum Gasteiger partial charge on any atom is 0.160 e. The van der Waals surface area contributed by atoms with Crippen LogP contribution in [0.25, 0.3) is 11.2 Å². The molecule has 5 heteroatoms. The predicted octanol–water partition coefficient (Wildman–Crippen LogP) is 5.53. The minimum Gasteiger partial charge on any atom is -0.308 e. The Labute approximate surface area is 135 Å². The lowest BCUT2D eigenvalue weighted by Crippen LogP contribution is -2.21. The van der Waals surface area contributed by atoms with E-state index >= 15 is 0 Å². The first-order valence-electron chi connectivity index (χ1n) is 7.75. The van der Waals surface area contributed by atoms with Crippen LogP contribution in [0.2, 0.25) is 5.02 Å². The number of hydrogen-bond acceptors (Lipinski definition) is 2. The summed E-state index contributed by atoms with van der Waals surface area (Å²) in [4.78, 5) is 9.18. The van der Waals surface area contributed by atoms with Crippen molar-refractivity contribution in [2.45, 2.75) is 57.4 Å². The summed E-state index contributed by atoms with van der Waals surface area (Å²) >= 11 is 12.4. The van der Waals surface area contributed by atoms with Crippen molar-refractivity contribution in [1.29, 1.82) is 0 Å². The van der Waals surface area contributed by atoms with Crippen LogP contribution in [0.1, 0.15) is 63.2 Å². The average molecular weight is 326 g/mol. The van der Waals surface area contributed by atoms with Crippen LogP contribution in [-0.4, -0.2) is 14.5 Å². The molecule has 0 N–H and O–H groups in total. The van der Waals surface area contributed by atoms with E-state index in [1.165, 1.54) is 32.1 Å². The summed E-state index contributed by atoms with van der Waals surface area (Å²) in [5, 5.41) is 0.482. The molecule has 0 bridgehead atoms. The zero-order valence-corrected chi connectivity index (χ0v) is 14.0. The molecule has 1 aliphatic rings. The summed E-state index contributed by atoms with van der Waals surface area (Å²) in [6.45, 7) is 4.24. The van der Waals surface area contributed by atoms with Crippen LogP contribution in [0.3, 0.4) is 0 Å². The standard InChI is InChI=1S/C16H21Cl2N3/c1-10(17)15-20-14-8-13(18)9-19-16(14)21(15)11(2)12-6-4-3-5-7-12/h8-12H,3-7H2,1-2H3. The summed E-state index contributed by atoms with van der Waals surface area (Å²) in [5.41, 5.74) is 1.74. The van der Waals surface area contributed by atoms with Crippen molar-refractivity contribution >= 4 is 34.4 Å². The Balaban J connectivity index is 2.07. The van der Waals surface area contributed by atoms with Gasteiger partial charge >= 0.3 is 0 Å². The molecule has 3 nitrogen and oxygen atoms in total. The van der Waals surface area contributed by atoms with E-state index in [0.29, 0.717) is 17.0 Å². The highest BCUT2D eigenvalue weighted by molar-refractivity contribution is 6.31. The van der Waals surface area contributed by atoms with E-state index in [9.17, 15) is 0 Å². The second-order valence-corrected chi connectivity index (χ2v) is 7.18. The van der Waals surface area contributed by atoms with E-state index in [4.69, 9.17) is 23.2 Å². The smallest absolute Gasteiger partial charge is 0.160 e. The lowest BCUT2D eigenvalue weighted by atomic mass is 9.84. The third-order valence-electron chi connectivity index (χ3n) is 4.62. The largest absolute Gasteiger partial charge is 0.308 e. The predicted molar refractivity (Wildman–Crippen MR) is 88.1 cm³/mol. The van der Waals surface area contributed by atoms with Crippen LogP contribution in [0.4, 0.5) is 0 Å². The van der Waals surface area contributed by atoms with Gasteiger partial charge in [-0.1, -0.05) is 30.9 Å². The highest BCUT2D eigenvalue weighted by Gasteiger charge is 2.27. The fraction of sp³-hybridized carbons (Fsp3) is 0.625. The molecule has 2 heterocycles. The minimum absolute atomic E-state index is 0.135. The minimum atomic E-state index is -0.135. The molecule has 0 radical (unpaired) electrons. The molecule has 0 aliphatic heterocycles. The van der Waals surface area contributed by atoms with Gasteiger partial charge in [0.15, 0.2) is 5.65 Å². The normalized spacial score (nSPS) is 19.8. The summed E-state index contributed by atoms with van der Waals surface area (Å²) < 4.78 is 2.24. The van der Waals surface area contributed by atoms with Gasteiger partial charge in [0, 0.05) is 12.2 Å². The van der Waals surface area contributed by atoms with Crippen LogP contribution in [-0.2, 0) is 0 Å². The summed E-state index contributed by atoms with van der Waals surface area (Å²) in [7, 11) is 0. The molecular weight excluding hydrogens is 305 g/mol. The van der Waals surface area contributed by atoms with Crippen LogP contribution < -0.4 is 0 Å². The zero-order chi connectivity index (χ0) is 15.0. The zero-order valence-electron chi connectivity index (χ0n) is 12.5. The van der Waals surface area contributed by atoms with Gasteiger partial charge in [0.2, 0.25) is 0 Å². The van der Waals surface area contributed by atoms with Gasteiger partial charge in [-0.05, 0) is 38.7 Å². The lowest BCUT2D eigenvalue weighted by Gasteiger charge is -2.30. The van der Waals surface area contributed by atoms with Crippen LogP contribution in [0.15, 0.2) is 12.3 Å². The van der Waals surface area contributed by atoms with E-state index in [-0.39, 0.29) is 5.38 Å². The Kier molecular flexibility index (Phi) is 4.41. The lowest BCUT2D eigenvalue weighted by molar-refractivity contribution is 0.263. The molecule has 2 aromatic heterocycles. The van der Waals surface area contributed by atoms with E-state index in [1.54, 1.807) is 6.20 Å². The van der Waals surface area contributed by atoms with Gasteiger partial charge in [0.25, 0.3) is 0 Å². The Morgan fingerprint density at radius 3 is 2.62 bits per heavy atom. The highest BCUT2D eigenvalue weighted by Crippen LogP contribution is 2.37. The molecule has 2 atom stereocenters. The third-order valence-corrected chi connectivity index (χ3v) is 5.02. The van der Waals surface area contributed by atoms with Gasteiger partial charge in [-0.3, -0.25) is 0 Å². The molecule has 0 aromatic carbocycles. The summed E-state index contributed by atoms with van der Waals surface area (Å²) in [6, 6.07) is 2.25. The van der Waals surface area contributed by atoms with Crippen molar-refractivity contribution in [2.75, 3.05) is 0 Å². The van der Waals surface area contributed by atoms with E-state index in [1.807, 2.05) is 13.0 Å². The third kappa shape index (κ3) is 2.91. The topological polar surface area (TPSA) is 30.7 Å². The number of pyridine rings is 1. The van der Waals surface area contributed by atoms with E-state index < -0.39 is 0 Å². The Hall–Kier alpha value is -0.800. The Morgan fingerprint density at radius 2 is 1.95 bits per heavy atom. The van der Waals surface area contributed by atoms with Crippen LogP contribution in [0.5, 0.6) is 0 Å². The number of aromatic nitrogens is 3. The molecule has 0 saturated heterocycles. The maximum absolute atomic E-state index is 6.36. The molecular formula is C16H21Cl2N3. The maximum atomic E-state index is 6.36. The van der Waals surface area contributed by atoms with Gasteiger partial charge in [0.05, 0.1) is 10.4 Å². The van der Waals surface area contributed by atoms with E-state index in [0.717, 1.165) is 17.0 Å². The number of fused-ring (bicyclic) bond motifs is 1. The molecule has 3 rings (SSSR count). The quantitative estimate of drug-likeness (QED) is 0.695. The van der Waals surface area contributed by atoms with Crippen molar-refractivity contribution in [1.82, 2.24) is 14.5 Å². The number of rotatable bonds is 3. The summed E-state index contributed by atoms with van der Waals surface area (Å²) in [6.07, 6.45) is 8.27. The van der Waals surface area contributed by atoms with Crippen LogP contribution >= 0.6 is 23.2 Å². The van der Waals surface area contributed by atoms with E-state index in [2.05, 4.69) is 21.5 Å². The first-order chi connectivity index (χ1) is 10.1. The molecule has 2 unspecified atom stereocenters. The monoisotopic (exact) mass is 325 g/mol. The molecule has 0 amide bonds. The number of halogens is 2. The van der Waals surface area contributed by atoms with Crippen molar-refractivity contribution in [3.8, 4) is 0 Å². The SMILES string of the molecule is CC(Cl)c1nc2cc(Cl)cnc2n1C(C)C1CCCCC1. The van der Waals surface area contributed by atoms with Gasteiger partial charge in [-0.25, -0.2) is 9.97 Å². The van der Waals surface area contributed by atoms with Crippen molar-refractivity contribution in [2.24, 2.45) is 5.92 Å².